The lowest BCUT2D eigenvalue weighted by Crippen LogP contribution is -2.36. The van der Waals surface area contributed by atoms with Crippen molar-refractivity contribution in [2.24, 2.45) is 0 Å². The number of anilines is 1. The van der Waals surface area contributed by atoms with Gasteiger partial charge < -0.3 is 4.74 Å². The lowest BCUT2D eigenvalue weighted by Gasteiger charge is -2.23. The average molecular weight is 368 g/mol. The van der Waals surface area contributed by atoms with Gasteiger partial charge in [0.1, 0.15) is 13.2 Å². The molecule has 0 aliphatic carbocycles. The topological polar surface area (TPSA) is 76.6 Å². The number of aromatic nitrogens is 1. The van der Waals surface area contributed by atoms with Gasteiger partial charge in [-0.1, -0.05) is 25.1 Å². The molecule has 24 heavy (non-hydrogen) atoms. The molecule has 1 aromatic heterocycles. The predicted octanol–water partition coefficient (Wildman–Crippen LogP) is 2.52. The predicted molar refractivity (Wildman–Crippen MR) is 94.7 cm³/mol. The number of aryl methyl sites for hydroxylation is 2. The lowest BCUT2D eigenvalue weighted by atomic mass is 10.2. The van der Waals surface area contributed by atoms with Crippen molar-refractivity contribution in [3.8, 4) is 0 Å². The summed E-state index contributed by atoms with van der Waals surface area (Å²) in [5.41, 5.74) is 1.91. The first-order valence-corrected chi connectivity index (χ1v) is 10.2. The second-order valence-corrected chi connectivity index (χ2v) is 8.15. The molecule has 0 aliphatic rings. The van der Waals surface area contributed by atoms with Crippen molar-refractivity contribution in [1.29, 1.82) is 0 Å². The van der Waals surface area contributed by atoms with Crippen molar-refractivity contribution < 1.29 is 17.9 Å². The van der Waals surface area contributed by atoms with Crippen molar-refractivity contribution in [1.82, 2.24) is 4.98 Å². The third-order valence-electron chi connectivity index (χ3n) is 3.34. The molecule has 1 aromatic carbocycles. The zero-order valence-electron chi connectivity index (χ0n) is 13.9. The van der Waals surface area contributed by atoms with Crippen LogP contribution in [0.15, 0.2) is 29.6 Å². The summed E-state index contributed by atoms with van der Waals surface area (Å²) in [6.07, 6.45) is 1.90. The number of hydrogen-bond donors (Lipinski definition) is 0. The summed E-state index contributed by atoms with van der Waals surface area (Å²) >= 11 is 1.51. The normalized spacial score (nSPS) is 11.3. The molecule has 0 saturated carbocycles. The van der Waals surface area contributed by atoms with Crippen LogP contribution < -0.4 is 4.31 Å². The van der Waals surface area contributed by atoms with E-state index < -0.39 is 16.0 Å². The summed E-state index contributed by atoms with van der Waals surface area (Å²) in [5, 5.41) is 2.81. The number of nitrogens with zero attached hydrogens (tertiary/aromatic N) is 2. The molecule has 0 radical (unpaired) electrons. The summed E-state index contributed by atoms with van der Waals surface area (Å²) in [7, 11) is -3.60. The lowest BCUT2D eigenvalue weighted by molar-refractivity contribution is -0.143. The van der Waals surface area contributed by atoms with E-state index in [2.05, 4.69) is 4.98 Å². The fourth-order valence-corrected chi connectivity index (χ4v) is 3.75. The summed E-state index contributed by atoms with van der Waals surface area (Å²) in [6, 6.07) is 7.00. The van der Waals surface area contributed by atoms with Crippen LogP contribution in [0.3, 0.4) is 0 Å². The molecule has 130 valence electrons. The van der Waals surface area contributed by atoms with Crippen LogP contribution in [-0.4, -0.2) is 32.2 Å². The van der Waals surface area contributed by atoms with Crippen molar-refractivity contribution in [2.45, 2.75) is 26.9 Å². The van der Waals surface area contributed by atoms with Crippen LogP contribution in [0.2, 0.25) is 0 Å². The number of para-hydroxylation sites is 1. The summed E-state index contributed by atoms with van der Waals surface area (Å²) in [4.78, 5) is 16.4. The number of rotatable bonds is 7. The van der Waals surface area contributed by atoms with Gasteiger partial charge in [-0.15, -0.1) is 11.3 Å². The number of sulfonamides is 1. The molecule has 0 unspecified atom stereocenters. The van der Waals surface area contributed by atoms with Crippen LogP contribution in [0.5, 0.6) is 0 Å². The zero-order valence-corrected chi connectivity index (χ0v) is 15.5. The van der Waals surface area contributed by atoms with Gasteiger partial charge in [0.25, 0.3) is 0 Å². The van der Waals surface area contributed by atoms with Crippen LogP contribution in [-0.2, 0) is 32.6 Å². The molecule has 0 aliphatic heterocycles. The number of carbonyl (C=O) groups is 1. The number of hydrogen-bond acceptors (Lipinski definition) is 6. The third-order valence-corrected chi connectivity index (χ3v) is 5.51. The van der Waals surface area contributed by atoms with E-state index in [9.17, 15) is 13.2 Å². The van der Waals surface area contributed by atoms with Crippen molar-refractivity contribution >= 4 is 33.0 Å². The first-order chi connectivity index (χ1) is 11.3. The van der Waals surface area contributed by atoms with E-state index in [-0.39, 0.29) is 13.2 Å². The summed E-state index contributed by atoms with van der Waals surface area (Å²) in [5.74, 6) is -0.616. The SMILES string of the molecule is CCc1nc(COC(=O)CN(c2ccccc2C)S(C)(=O)=O)cs1. The molecule has 0 amide bonds. The second kappa shape index (κ2) is 7.76. The van der Waals surface area contributed by atoms with Gasteiger partial charge in [0, 0.05) is 5.38 Å². The fourth-order valence-electron chi connectivity index (χ4n) is 2.12. The molecule has 2 rings (SSSR count). The van der Waals surface area contributed by atoms with Gasteiger partial charge in [-0.2, -0.15) is 0 Å². The maximum Gasteiger partial charge on any atom is 0.327 e. The van der Waals surface area contributed by atoms with Gasteiger partial charge >= 0.3 is 5.97 Å². The Morgan fingerprint density at radius 1 is 1.33 bits per heavy atom. The van der Waals surface area contributed by atoms with Gasteiger partial charge in [-0.05, 0) is 25.0 Å². The highest BCUT2D eigenvalue weighted by Gasteiger charge is 2.23. The molecule has 0 spiro atoms. The minimum Gasteiger partial charge on any atom is -0.458 e. The van der Waals surface area contributed by atoms with Gasteiger partial charge in [0.05, 0.1) is 22.6 Å². The maximum absolute atomic E-state index is 12.1. The molecular formula is C16H20N2O4S2. The quantitative estimate of drug-likeness (QED) is 0.702. The Bertz CT molecular complexity index is 815. The first-order valence-electron chi connectivity index (χ1n) is 7.43. The largest absolute Gasteiger partial charge is 0.458 e. The van der Waals surface area contributed by atoms with Gasteiger partial charge in [0.2, 0.25) is 10.0 Å². The van der Waals surface area contributed by atoms with E-state index in [0.717, 1.165) is 27.6 Å². The van der Waals surface area contributed by atoms with E-state index in [4.69, 9.17) is 4.74 Å². The zero-order chi connectivity index (χ0) is 17.7. The third kappa shape index (κ3) is 4.78. The van der Waals surface area contributed by atoms with Crippen molar-refractivity contribution in [3.05, 3.63) is 45.9 Å². The Morgan fingerprint density at radius 3 is 2.62 bits per heavy atom. The number of benzene rings is 1. The minimum atomic E-state index is -3.60. The maximum atomic E-state index is 12.1. The molecule has 1 heterocycles. The van der Waals surface area contributed by atoms with Crippen LogP contribution in [0.25, 0.3) is 0 Å². The fraction of sp³-hybridized carbons (Fsp3) is 0.375. The first kappa shape index (κ1) is 18.4. The Morgan fingerprint density at radius 2 is 2.04 bits per heavy atom. The van der Waals surface area contributed by atoms with E-state index >= 15 is 0 Å². The number of carbonyl (C=O) groups excluding carboxylic acids is 1. The monoisotopic (exact) mass is 368 g/mol. The van der Waals surface area contributed by atoms with Crippen LogP contribution in [0.4, 0.5) is 5.69 Å². The van der Waals surface area contributed by atoms with Crippen LogP contribution >= 0.6 is 11.3 Å². The van der Waals surface area contributed by atoms with Crippen LogP contribution in [0.1, 0.15) is 23.2 Å². The van der Waals surface area contributed by atoms with E-state index in [1.807, 2.05) is 18.4 Å². The Kier molecular flexibility index (Phi) is 5.95. The Hall–Kier alpha value is -1.93. The average Bonchev–Trinajstić information content (AvgIpc) is 2.98. The molecule has 0 N–H and O–H groups in total. The van der Waals surface area contributed by atoms with Gasteiger partial charge in [-0.25, -0.2) is 13.4 Å². The van der Waals surface area contributed by atoms with Crippen molar-refractivity contribution in [2.75, 3.05) is 17.1 Å². The highest BCUT2D eigenvalue weighted by Crippen LogP contribution is 2.22. The molecule has 0 saturated heterocycles. The summed E-state index contributed by atoms with van der Waals surface area (Å²) < 4.78 is 30.3. The molecule has 0 fully saturated rings. The van der Waals surface area contributed by atoms with Gasteiger partial charge in [0.15, 0.2) is 0 Å². The number of thiazole rings is 1. The number of ether oxygens (including phenoxy) is 1. The molecule has 0 atom stereocenters. The van der Waals surface area contributed by atoms with Crippen LogP contribution in [0, 0.1) is 6.92 Å². The Labute approximate surface area is 146 Å². The molecule has 2 aromatic rings. The highest BCUT2D eigenvalue weighted by atomic mass is 32.2. The van der Waals surface area contributed by atoms with Crippen molar-refractivity contribution in [3.63, 3.8) is 0 Å². The van der Waals surface area contributed by atoms with E-state index in [0.29, 0.717) is 11.4 Å². The van der Waals surface area contributed by atoms with E-state index in [1.165, 1.54) is 11.3 Å². The molecule has 8 heteroatoms. The smallest absolute Gasteiger partial charge is 0.327 e. The number of esters is 1. The molecule has 6 nitrogen and oxygen atoms in total. The summed E-state index contributed by atoms with van der Waals surface area (Å²) in [6.45, 7) is 3.47. The van der Waals surface area contributed by atoms with Gasteiger partial charge in [-0.3, -0.25) is 9.10 Å². The minimum absolute atomic E-state index is 0.0424. The molecular weight excluding hydrogens is 348 g/mol. The standard InChI is InChI=1S/C16H20N2O4S2/c1-4-15-17-13(11-23-15)10-22-16(19)9-18(24(3,20)21)14-8-6-5-7-12(14)2/h5-8,11H,4,9-10H2,1-3H3. The second-order valence-electron chi connectivity index (χ2n) is 5.30. The Balaban J connectivity index is 2.07. The highest BCUT2D eigenvalue weighted by molar-refractivity contribution is 7.92. The van der Waals surface area contributed by atoms with E-state index in [1.54, 1.807) is 25.1 Å². The molecule has 0 bridgehead atoms.